The predicted molar refractivity (Wildman–Crippen MR) is 58.6 cm³/mol. The van der Waals surface area contributed by atoms with Gasteiger partial charge in [-0.25, -0.2) is 0 Å². The molecule has 0 N–H and O–H groups in total. The van der Waals surface area contributed by atoms with Crippen LogP contribution < -0.4 is 0 Å². The summed E-state index contributed by atoms with van der Waals surface area (Å²) in [4.78, 5) is 2.52. The molecule has 0 bridgehead atoms. The third-order valence-electron chi connectivity index (χ3n) is 3.80. The second-order valence-electron chi connectivity index (χ2n) is 5.75. The topological polar surface area (TPSA) is 3.24 Å². The van der Waals surface area contributed by atoms with Crippen LogP contribution >= 0.6 is 0 Å². The van der Waals surface area contributed by atoms with Crippen molar-refractivity contribution < 1.29 is 0 Å². The normalized spacial score (nSPS) is 29.1. The van der Waals surface area contributed by atoms with Gasteiger partial charge in [0.25, 0.3) is 0 Å². The van der Waals surface area contributed by atoms with Crippen LogP contribution in [0, 0.1) is 12.8 Å². The monoisotopic (exact) mass is 182 g/mol. The zero-order valence-corrected chi connectivity index (χ0v) is 9.85. The molecule has 1 rings (SSSR count). The Morgan fingerprint density at radius 2 is 1.54 bits per heavy atom. The lowest BCUT2D eigenvalue weighted by molar-refractivity contribution is -0.0292. The molecule has 0 amide bonds. The van der Waals surface area contributed by atoms with Gasteiger partial charge in [0, 0.05) is 11.1 Å². The van der Waals surface area contributed by atoms with Gasteiger partial charge in [0.15, 0.2) is 0 Å². The van der Waals surface area contributed by atoms with Crippen LogP contribution in [0.4, 0.5) is 0 Å². The summed E-state index contributed by atoms with van der Waals surface area (Å²) in [5.41, 5.74) is 0.675. The Morgan fingerprint density at radius 3 is 1.85 bits per heavy atom. The Morgan fingerprint density at radius 1 is 1.15 bits per heavy atom. The Labute approximate surface area is 83.5 Å². The predicted octanol–water partition coefficient (Wildman–Crippen LogP) is 3.11. The third-order valence-corrected chi connectivity index (χ3v) is 3.80. The highest BCUT2D eigenvalue weighted by Gasteiger charge is 2.42. The summed E-state index contributed by atoms with van der Waals surface area (Å²) in [7, 11) is 2.25. The average Bonchev–Trinajstić information content (AvgIpc) is 1.99. The maximum absolute atomic E-state index is 4.05. The summed E-state index contributed by atoms with van der Waals surface area (Å²) in [6, 6.07) is 0. The minimum absolute atomic E-state index is 0.337. The van der Waals surface area contributed by atoms with Crippen LogP contribution in [0.5, 0.6) is 0 Å². The van der Waals surface area contributed by atoms with Gasteiger partial charge in [0.2, 0.25) is 0 Å². The fourth-order valence-corrected chi connectivity index (χ4v) is 2.78. The van der Waals surface area contributed by atoms with E-state index in [1.54, 1.807) is 0 Å². The molecule has 1 saturated heterocycles. The van der Waals surface area contributed by atoms with Crippen molar-refractivity contribution in [2.24, 2.45) is 5.92 Å². The molecule has 1 heterocycles. The van der Waals surface area contributed by atoms with E-state index in [9.17, 15) is 0 Å². The van der Waals surface area contributed by atoms with Gasteiger partial charge in [-0.2, -0.15) is 0 Å². The maximum atomic E-state index is 4.05. The zero-order valence-electron chi connectivity index (χ0n) is 9.85. The number of piperidine rings is 1. The minimum atomic E-state index is 0.337. The Kier molecular flexibility index (Phi) is 2.78. The highest BCUT2D eigenvalue weighted by atomic mass is 15.2. The van der Waals surface area contributed by atoms with Gasteiger partial charge in [0.1, 0.15) is 0 Å². The molecular formula is C12H24N. The smallest absolute Gasteiger partial charge is 0.0158 e. The second kappa shape index (κ2) is 3.27. The fraction of sp³-hybridized carbons (Fsp3) is 0.917. The number of hydrogen-bond donors (Lipinski definition) is 0. The van der Waals surface area contributed by atoms with Crippen molar-refractivity contribution in [1.82, 2.24) is 4.90 Å². The second-order valence-corrected chi connectivity index (χ2v) is 5.75. The van der Waals surface area contributed by atoms with E-state index in [0.29, 0.717) is 11.1 Å². The van der Waals surface area contributed by atoms with Gasteiger partial charge in [-0.1, -0.05) is 13.3 Å². The first-order valence-electron chi connectivity index (χ1n) is 5.33. The summed E-state index contributed by atoms with van der Waals surface area (Å²) in [5.74, 6) is 0.807. The molecule has 1 nitrogen and oxygen atoms in total. The van der Waals surface area contributed by atoms with E-state index < -0.39 is 0 Å². The molecule has 0 spiro atoms. The first kappa shape index (κ1) is 11.0. The molecule has 0 aromatic rings. The quantitative estimate of drug-likeness (QED) is 0.602. The molecule has 0 unspecified atom stereocenters. The SMILES string of the molecule is [CH2]CC1CC(C)(C)N(C)C(C)(C)C1. The first-order valence-corrected chi connectivity index (χ1v) is 5.33. The van der Waals surface area contributed by atoms with Gasteiger partial charge in [-0.05, 0) is 53.5 Å². The van der Waals surface area contributed by atoms with Crippen molar-refractivity contribution in [3.05, 3.63) is 6.92 Å². The van der Waals surface area contributed by atoms with Crippen molar-refractivity contribution in [3.8, 4) is 0 Å². The molecule has 0 aromatic heterocycles. The van der Waals surface area contributed by atoms with Crippen LogP contribution in [0.25, 0.3) is 0 Å². The molecule has 1 heteroatoms. The number of hydrogen-bond acceptors (Lipinski definition) is 1. The highest BCUT2D eigenvalue weighted by Crippen LogP contribution is 2.40. The van der Waals surface area contributed by atoms with Gasteiger partial charge >= 0.3 is 0 Å². The number of nitrogens with zero attached hydrogens (tertiary/aromatic N) is 1. The van der Waals surface area contributed by atoms with Crippen LogP contribution in [0.15, 0.2) is 0 Å². The summed E-state index contributed by atoms with van der Waals surface area (Å²) in [6.45, 7) is 13.4. The van der Waals surface area contributed by atoms with Gasteiger partial charge in [0.05, 0.1) is 0 Å². The number of likely N-dealkylation sites (tertiary alicyclic amines) is 1. The molecule has 0 aliphatic carbocycles. The summed E-state index contributed by atoms with van der Waals surface area (Å²) in [6.07, 6.45) is 3.66. The van der Waals surface area contributed by atoms with Gasteiger partial charge in [-0.3, -0.25) is 4.90 Å². The lowest BCUT2D eigenvalue weighted by atomic mass is 9.73. The van der Waals surface area contributed by atoms with Crippen molar-refractivity contribution in [2.75, 3.05) is 7.05 Å². The van der Waals surface area contributed by atoms with Crippen LogP contribution in [-0.2, 0) is 0 Å². The van der Waals surface area contributed by atoms with Gasteiger partial charge in [-0.15, -0.1) is 0 Å². The van der Waals surface area contributed by atoms with E-state index in [1.807, 2.05) is 0 Å². The van der Waals surface area contributed by atoms with Gasteiger partial charge < -0.3 is 0 Å². The third kappa shape index (κ3) is 2.07. The molecule has 0 aromatic carbocycles. The molecule has 77 valence electrons. The van der Waals surface area contributed by atoms with E-state index in [1.165, 1.54) is 12.8 Å². The van der Waals surface area contributed by atoms with Crippen molar-refractivity contribution in [2.45, 2.75) is 58.0 Å². The summed E-state index contributed by atoms with van der Waals surface area (Å²) >= 11 is 0. The fourth-order valence-electron chi connectivity index (χ4n) is 2.78. The molecule has 0 atom stereocenters. The Hall–Kier alpha value is -0.0400. The highest BCUT2D eigenvalue weighted by molar-refractivity contribution is 4.98. The van der Waals surface area contributed by atoms with Crippen molar-refractivity contribution in [1.29, 1.82) is 0 Å². The molecule has 1 aliphatic heterocycles. The largest absolute Gasteiger partial charge is 0.296 e. The summed E-state index contributed by atoms with van der Waals surface area (Å²) < 4.78 is 0. The Bertz CT molecular complexity index is 164. The Balaban J connectivity index is 2.82. The number of rotatable bonds is 1. The summed E-state index contributed by atoms with van der Waals surface area (Å²) in [5, 5.41) is 0. The molecule has 13 heavy (non-hydrogen) atoms. The van der Waals surface area contributed by atoms with E-state index >= 15 is 0 Å². The maximum Gasteiger partial charge on any atom is 0.0158 e. The zero-order chi connectivity index (χ0) is 10.3. The van der Waals surface area contributed by atoms with Crippen LogP contribution in [0.3, 0.4) is 0 Å². The van der Waals surface area contributed by atoms with Crippen LogP contribution in [0.1, 0.15) is 47.0 Å². The minimum Gasteiger partial charge on any atom is -0.296 e. The van der Waals surface area contributed by atoms with Crippen LogP contribution in [-0.4, -0.2) is 23.0 Å². The molecular weight excluding hydrogens is 158 g/mol. The van der Waals surface area contributed by atoms with E-state index in [2.05, 4.69) is 46.6 Å². The molecule has 1 fully saturated rings. The van der Waals surface area contributed by atoms with Crippen LogP contribution in [0.2, 0.25) is 0 Å². The lowest BCUT2D eigenvalue weighted by Crippen LogP contribution is -2.58. The molecule has 1 radical (unpaired) electrons. The van der Waals surface area contributed by atoms with Crippen molar-refractivity contribution in [3.63, 3.8) is 0 Å². The molecule has 0 saturated carbocycles. The average molecular weight is 182 g/mol. The van der Waals surface area contributed by atoms with Crippen molar-refractivity contribution >= 4 is 0 Å². The lowest BCUT2D eigenvalue weighted by Gasteiger charge is -2.53. The van der Waals surface area contributed by atoms with E-state index in [0.717, 1.165) is 12.3 Å². The molecule has 1 aliphatic rings. The standard InChI is InChI=1S/C12H24N/c1-7-10-8-11(2,3)13(6)12(4,5)9-10/h10H,1,7-9H2,2-6H3. The first-order chi connectivity index (χ1) is 5.79. The van der Waals surface area contributed by atoms with E-state index in [-0.39, 0.29) is 0 Å². The van der Waals surface area contributed by atoms with E-state index in [4.69, 9.17) is 0 Å².